The summed E-state index contributed by atoms with van der Waals surface area (Å²) in [7, 11) is 0. The van der Waals surface area contributed by atoms with Crippen molar-refractivity contribution in [3.63, 3.8) is 0 Å². The van der Waals surface area contributed by atoms with Crippen LogP contribution < -0.4 is 0 Å². The molecule has 1 heterocycles. The lowest BCUT2D eigenvalue weighted by atomic mass is 10.2. The topological polar surface area (TPSA) is 57.7 Å². The van der Waals surface area contributed by atoms with Crippen LogP contribution >= 0.6 is 0 Å². The molecule has 0 unspecified atom stereocenters. The molecule has 21 heavy (non-hydrogen) atoms. The Balaban J connectivity index is 2.47. The summed E-state index contributed by atoms with van der Waals surface area (Å²) in [6, 6.07) is 7.73. The number of para-hydroxylation sites is 1. The molecule has 0 atom stereocenters. The monoisotopic (exact) mass is 287 g/mol. The van der Waals surface area contributed by atoms with Crippen molar-refractivity contribution in [1.29, 1.82) is 0 Å². The number of aromatic nitrogens is 1. The van der Waals surface area contributed by atoms with E-state index in [2.05, 4.69) is 28.7 Å². The second-order valence-corrected chi connectivity index (χ2v) is 4.58. The van der Waals surface area contributed by atoms with Crippen LogP contribution in [-0.4, -0.2) is 41.9 Å². The number of nitrogens with one attached hydrogen (secondary N) is 1. The maximum Gasteiger partial charge on any atom is 0.357 e. The van der Waals surface area contributed by atoms with Gasteiger partial charge < -0.3 is 14.6 Å². The molecule has 0 aliphatic heterocycles. The van der Waals surface area contributed by atoms with Crippen molar-refractivity contribution < 1.29 is 9.53 Å². The van der Waals surface area contributed by atoms with Crippen LogP contribution in [0.25, 0.3) is 10.9 Å². The zero-order valence-corrected chi connectivity index (χ0v) is 12.7. The number of nitrogens with zero attached hydrogens (tertiary/aromatic N) is 2. The van der Waals surface area contributed by atoms with E-state index in [1.807, 2.05) is 24.3 Å². The summed E-state index contributed by atoms with van der Waals surface area (Å²) in [5.41, 5.74) is 1.92. The Hall–Kier alpha value is -2.30. The average molecular weight is 287 g/mol. The van der Waals surface area contributed by atoms with Gasteiger partial charge in [-0.2, -0.15) is 0 Å². The third-order valence-electron chi connectivity index (χ3n) is 3.32. The molecule has 0 saturated heterocycles. The van der Waals surface area contributed by atoms with Gasteiger partial charge in [0.1, 0.15) is 5.69 Å². The molecule has 5 heteroatoms. The zero-order valence-electron chi connectivity index (χ0n) is 12.7. The highest BCUT2D eigenvalue weighted by atomic mass is 16.5. The highest BCUT2D eigenvalue weighted by Gasteiger charge is 2.18. The molecule has 0 saturated carbocycles. The molecule has 112 valence electrons. The fourth-order valence-electron chi connectivity index (χ4n) is 2.14. The number of aromatic amines is 1. The fourth-order valence-corrected chi connectivity index (χ4v) is 2.14. The summed E-state index contributed by atoms with van der Waals surface area (Å²) in [4.78, 5) is 21.8. The van der Waals surface area contributed by atoms with Gasteiger partial charge >= 0.3 is 5.97 Å². The zero-order chi connectivity index (χ0) is 15.2. The molecule has 0 fully saturated rings. The molecule has 0 amide bonds. The van der Waals surface area contributed by atoms with E-state index in [0.29, 0.717) is 18.0 Å². The van der Waals surface area contributed by atoms with Crippen LogP contribution in [0.2, 0.25) is 0 Å². The van der Waals surface area contributed by atoms with Crippen molar-refractivity contribution in [2.24, 2.45) is 4.99 Å². The molecule has 0 bridgehead atoms. The molecular weight excluding hydrogens is 266 g/mol. The number of hydrogen-bond acceptors (Lipinski definition) is 3. The van der Waals surface area contributed by atoms with Crippen LogP contribution in [0, 0.1) is 0 Å². The summed E-state index contributed by atoms with van der Waals surface area (Å²) in [5.74, 6) is -0.375. The van der Waals surface area contributed by atoms with Gasteiger partial charge in [0.05, 0.1) is 12.9 Å². The molecule has 1 aromatic carbocycles. The smallest absolute Gasteiger partial charge is 0.357 e. The van der Waals surface area contributed by atoms with Crippen LogP contribution in [0.1, 0.15) is 31.3 Å². The van der Waals surface area contributed by atoms with Crippen molar-refractivity contribution >= 4 is 28.9 Å². The fraction of sp³-hybridized carbons (Fsp3) is 0.375. The minimum absolute atomic E-state index is 0.341. The van der Waals surface area contributed by atoms with Crippen LogP contribution in [0.4, 0.5) is 5.69 Å². The SMILES string of the molecule is CCOC(=O)c1[nH]c2ccccc2c1N=CN(CC)CC. The Labute approximate surface area is 124 Å². The molecule has 5 nitrogen and oxygen atoms in total. The Morgan fingerprint density at radius 2 is 2.00 bits per heavy atom. The minimum Gasteiger partial charge on any atom is -0.461 e. The number of aliphatic imine (C=N–C) groups is 1. The molecule has 0 radical (unpaired) electrons. The van der Waals surface area contributed by atoms with Gasteiger partial charge in [0.2, 0.25) is 0 Å². The number of ether oxygens (including phenoxy) is 1. The normalized spacial score (nSPS) is 11.2. The number of H-pyrrole nitrogens is 1. The van der Waals surface area contributed by atoms with Gasteiger partial charge in [0.25, 0.3) is 0 Å². The first-order valence-electron chi connectivity index (χ1n) is 7.27. The predicted octanol–water partition coefficient (Wildman–Crippen LogP) is 3.35. The van der Waals surface area contributed by atoms with E-state index in [0.717, 1.165) is 24.0 Å². The van der Waals surface area contributed by atoms with Gasteiger partial charge in [-0.05, 0) is 26.8 Å². The van der Waals surface area contributed by atoms with Crippen molar-refractivity contribution in [2.45, 2.75) is 20.8 Å². The Morgan fingerprint density at radius 1 is 1.29 bits per heavy atom. The maximum atomic E-state index is 12.1. The van der Waals surface area contributed by atoms with Gasteiger partial charge in [-0.1, -0.05) is 18.2 Å². The molecule has 2 rings (SSSR count). The van der Waals surface area contributed by atoms with Crippen molar-refractivity contribution in [3.8, 4) is 0 Å². The molecular formula is C16H21N3O2. The van der Waals surface area contributed by atoms with Crippen LogP contribution in [-0.2, 0) is 4.74 Å². The van der Waals surface area contributed by atoms with Gasteiger partial charge in [-0.3, -0.25) is 0 Å². The third kappa shape index (κ3) is 3.24. The molecule has 1 aromatic heterocycles. The van der Waals surface area contributed by atoms with Crippen molar-refractivity contribution in [2.75, 3.05) is 19.7 Å². The number of hydrogen-bond donors (Lipinski definition) is 1. The van der Waals surface area contributed by atoms with Gasteiger partial charge in [-0.15, -0.1) is 0 Å². The largest absolute Gasteiger partial charge is 0.461 e. The number of fused-ring (bicyclic) bond motifs is 1. The average Bonchev–Trinajstić information content (AvgIpc) is 2.87. The second kappa shape index (κ2) is 6.92. The molecule has 0 aliphatic carbocycles. The molecule has 0 spiro atoms. The van der Waals surface area contributed by atoms with E-state index in [-0.39, 0.29) is 5.97 Å². The summed E-state index contributed by atoms with van der Waals surface area (Å²) in [5, 5.41) is 0.920. The maximum absolute atomic E-state index is 12.1. The Bertz CT molecular complexity index is 642. The number of rotatable bonds is 6. The number of carbonyl (C=O) groups is 1. The minimum atomic E-state index is -0.375. The highest BCUT2D eigenvalue weighted by Crippen LogP contribution is 2.30. The van der Waals surface area contributed by atoms with E-state index in [1.54, 1.807) is 13.3 Å². The first-order valence-corrected chi connectivity index (χ1v) is 7.27. The van der Waals surface area contributed by atoms with E-state index < -0.39 is 0 Å². The molecule has 2 aromatic rings. The second-order valence-electron chi connectivity index (χ2n) is 4.58. The van der Waals surface area contributed by atoms with E-state index in [9.17, 15) is 4.79 Å². The molecule has 0 aliphatic rings. The first-order chi connectivity index (χ1) is 10.2. The van der Waals surface area contributed by atoms with Crippen molar-refractivity contribution in [3.05, 3.63) is 30.0 Å². The predicted molar refractivity (Wildman–Crippen MR) is 85.3 cm³/mol. The van der Waals surface area contributed by atoms with Gasteiger partial charge in [0, 0.05) is 24.0 Å². The van der Waals surface area contributed by atoms with Crippen molar-refractivity contribution in [1.82, 2.24) is 9.88 Å². The van der Waals surface area contributed by atoms with Crippen LogP contribution in [0.3, 0.4) is 0 Å². The van der Waals surface area contributed by atoms with E-state index in [4.69, 9.17) is 4.74 Å². The lowest BCUT2D eigenvalue weighted by Gasteiger charge is -2.13. The number of esters is 1. The van der Waals surface area contributed by atoms with Gasteiger partial charge in [-0.25, -0.2) is 9.79 Å². The quantitative estimate of drug-likeness (QED) is 0.503. The van der Waals surface area contributed by atoms with Crippen LogP contribution in [0.5, 0.6) is 0 Å². The number of carbonyl (C=O) groups excluding carboxylic acids is 1. The van der Waals surface area contributed by atoms with E-state index in [1.165, 1.54) is 0 Å². The van der Waals surface area contributed by atoms with E-state index >= 15 is 0 Å². The molecule has 1 N–H and O–H groups in total. The Kier molecular flexibility index (Phi) is 4.98. The standard InChI is InChI=1S/C16H21N3O2/c1-4-19(5-2)11-17-14-12-9-7-8-10-13(12)18-15(14)16(20)21-6-3/h7-11,18H,4-6H2,1-3H3. The first kappa shape index (κ1) is 15.1. The summed E-state index contributed by atoms with van der Waals surface area (Å²) < 4.78 is 5.10. The summed E-state index contributed by atoms with van der Waals surface area (Å²) in [6.07, 6.45) is 1.78. The summed E-state index contributed by atoms with van der Waals surface area (Å²) in [6.45, 7) is 8.01. The number of benzene rings is 1. The summed E-state index contributed by atoms with van der Waals surface area (Å²) >= 11 is 0. The third-order valence-corrected chi connectivity index (χ3v) is 3.32. The lowest BCUT2D eigenvalue weighted by Crippen LogP contribution is -2.20. The highest BCUT2D eigenvalue weighted by molar-refractivity contribution is 6.05. The lowest BCUT2D eigenvalue weighted by molar-refractivity contribution is 0.0521. The van der Waals surface area contributed by atoms with Gasteiger partial charge in [0.15, 0.2) is 5.69 Å². The Morgan fingerprint density at radius 3 is 2.67 bits per heavy atom. The van der Waals surface area contributed by atoms with Crippen LogP contribution in [0.15, 0.2) is 29.3 Å².